The average Bonchev–Trinajstić information content (AvgIpc) is 3.04. The van der Waals surface area contributed by atoms with E-state index in [1.54, 1.807) is 0 Å². The van der Waals surface area contributed by atoms with E-state index in [1.165, 1.54) is 23.8 Å². The predicted octanol–water partition coefficient (Wildman–Crippen LogP) is 5.22. The molecule has 0 amide bonds. The summed E-state index contributed by atoms with van der Waals surface area (Å²) in [6, 6.07) is 27.0. The number of ether oxygens (including phenoxy) is 2. The zero-order valence-corrected chi connectivity index (χ0v) is 16.6. The van der Waals surface area contributed by atoms with E-state index >= 15 is 0 Å². The van der Waals surface area contributed by atoms with Gasteiger partial charge in [-0.05, 0) is 41.8 Å². The second-order valence-electron chi connectivity index (χ2n) is 6.95. The summed E-state index contributed by atoms with van der Waals surface area (Å²) >= 11 is 0. The van der Waals surface area contributed by atoms with E-state index in [2.05, 4.69) is 59.2 Å². The topological polar surface area (TPSA) is 40.5 Å². The predicted molar refractivity (Wildman–Crippen MR) is 115 cm³/mol. The van der Waals surface area contributed by atoms with Crippen LogP contribution in [0.15, 0.2) is 78.9 Å². The Kier molecular flexibility index (Phi) is 5.34. The number of nitrogens with zero attached hydrogens (tertiary/aromatic N) is 1. The molecule has 29 heavy (non-hydrogen) atoms. The maximum Gasteiger partial charge on any atom is 0.343 e. The largest absolute Gasteiger partial charge is 0.479 e. The van der Waals surface area contributed by atoms with Crippen molar-refractivity contribution in [3.05, 3.63) is 90.1 Å². The lowest BCUT2D eigenvalue weighted by Crippen LogP contribution is -2.13. The fourth-order valence-electron chi connectivity index (χ4n) is 3.64. The van der Waals surface area contributed by atoms with Crippen LogP contribution in [0, 0.1) is 6.92 Å². The molecule has 0 atom stereocenters. The van der Waals surface area contributed by atoms with Crippen LogP contribution in [-0.2, 0) is 16.1 Å². The van der Waals surface area contributed by atoms with Crippen molar-refractivity contribution in [2.24, 2.45) is 0 Å². The fraction of sp³-hybridized carbons (Fsp3) is 0.160. The summed E-state index contributed by atoms with van der Waals surface area (Å²) in [6.07, 6.45) is 0. The van der Waals surface area contributed by atoms with Crippen molar-refractivity contribution in [3.8, 4) is 16.9 Å². The number of hydrogen-bond acceptors (Lipinski definition) is 3. The first kappa shape index (κ1) is 18.8. The lowest BCUT2D eigenvalue weighted by atomic mass is 10.0. The molecule has 0 saturated heterocycles. The highest BCUT2D eigenvalue weighted by Crippen LogP contribution is 2.33. The van der Waals surface area contributed by atoms with Crippen molar-refractivity contribution in [1.29, 1.82) is 0 Å². The first-order valence-electron chi connectivity index (χ1n) is 9.59. The van der Waals surface area contributed by atoms with Crippen LogP contribution in [-0.4, -0.2) is 24.3 Å². The Morgan fingerprint density at radius 1 is 0.897 bits per heavy atom. The van der Waals surface area contributed by atoms with Gasteiger partial charge >= 0.3 is 5.97 Å². The van der Waals surface area contributed by atoms with Gasteiger partial charge < -0.3 is 14.0 Å². The van der Waals surface area contributed by atoms with Crippen molar-refractivity contribution < 1.29 is 14.3 Å². The zero-order valence-electron chi connectivity index (χ0n) is 16.6. The Hall–Kier alpha value is -3.53. The third-order valence-electron chi connectivity index (χ3n) is 5.11. The summed E-state index contributed by atoms with van der Waals surface area (Å²) in [7, 11) is 1.36. The Balaban J connectivity index is 1.70. The lowest BCUT2D eigenvalue weighted by Gasteiger charge is -2.11. The van der Waals surface area contributed by atoms with E-state index in [-0.39, 0.29) is 6.61 Å². The smallest absolute Gasteiger partial charge is 0.343 e. The number of fused-ring (bicyclic) bond motifs is 1. The van der Waals surface area contributed by atoms with Crippen molar-refractivity contribution in [3.63, 3.8) is 0 Å². The highest BCUT2D eigenvalue weighted by molar-refractivity contribution is 5.89. The molecule has 146 valence electrons. The number of para-hydroxylation sites is 1. The summed E-state index contributed by atoms with van der Waals surface area (Å²) in [5, 5.41) is 0.994. The van der Waals surface area contributed by atoms with Crippen LogP contribution in [0.4, 0.5) is 0 Å². The van der Waals surface area contributed by atoms with Gasteiger partial charge in [0.05, 0.1) is 18.3 Å². The van der Waals surface area contributed by atoms with E-state index in [4.69, 9.17) is 9.47 Å². The molecule has 0 unspecified atom stereocenters. The number of esters is 1. The van der Waals surface area contributed by atoms with Gasteiger partial charge in [-0.1, -0.05) is 60.7 Å². The number of carbonyl (C=O) groups is 1. The van der Waals surface area contributed by atoms with Crippen LogP contribution in [0.5, 0.6) is 5.75 Å². The Morgan fingerprint density at radius 2 is 1.62 bits per heavy atom. The molecule has 0 saturated carbocycles. The summed E-state index contributed by atoms with van der Waals surface area (Å²) < 4.78 is 12.8. The number of aromatic nitrogens is 1. The van der Waals surface area contributed by atoms with Crippen LogP contribution in [0.2, 0.25) is 0 Å². The lowest BCUT2D eigenvalue weighted by molar-refractivity contribution is -0.142. The van der Waals surface area contributed by atoms with Crippen molar-refractivity contribution in [1.82, 2.24) is 4.57 Å². The summed E-state index contributed by atoms with van der Waals surface area (Å²) in [5.74, 6) is 0.335. The van der Waals surface area contributed by atoms with Crippen LogP contribution < -0.4 is 4.74 Å². The molecular formula is C25H23NO3. The molecular weight excluding hydrogens is 362 g/mol. The minimum Gasteiger partial charge on any atom is -0.479 e. The van der Waals surface area contributed by atoms with Gasteiger partial charge in [-0.3, -0.25) is 0 Å². The molecule has 1 heterocycles. The Labute approximate surface area is 170 Å². The fourth-order valence-corrected chi connectivity index (χ4v) is 3.64. The standard InChI is InChI=1S/C25H23NO3/c1-18-25(29-17-24(27)28-2)22-13-6-7-14-23(22)26(18)16-19-9-8-12-21(15-19)20-10-4-3-5-11-20/h3-15H,16-17H2,1-2H3. The third-order valence-corrected chi connectivity index (χ3v) is 5.11. The molecule has 0 radical (unpaired) electrons. The first-order valence-corrected chi connectivity index (χ1v) is 9.59. The molecule has 0 aliphatic heterocycles. The second kappa shape index (κ2) is 8.23. The quantitative estimate of drug-likeness (QED) is 0.428. The molecule has 4 heteroatoms. The van der Waals surface area contributed by atoms with E-state index in [9.17, 15) is 4.79 Å². The second-order valence-corrected chi connectivity index (χ2v) is 6.95. The number of rotatable bonds is 6. The molecule has 0 N–H and O–H groups in total. The van der Waals surface area contributed by atoms with Gasteiger partial charge in [0.1, 0.15) is 5.75 Å². The number of benzene rings is 3. The van der Waals surface area contributed by atoms with Crippen molar-refractivity contribution >= 4 is 16.9 Å². The van der Waals surface area contributed by atoms with E-state index in [0.717, 1.165) is 22.3 Å². The van der Waals surface area contributed by atoms with Crippen LogP contribution in [0.3, 0.4) is 0 Å². The SMILES string of the molecule is COC(=O)COc1c(C)n(Cc2cccc(-c3ccccc3)c2)c2ccccc12. The average molecular weight is 385 g/mol. The molecule has 4 nitrogen and oxygen atoms in total. The normalized spacial score (nSPS) is 10.8. The van der Waals surface area contributed by atoms with Gasteiger partial charge in [0, 0.05) is 11.9 Å². The number of carbonyl (C=O) groups excluding carboxylic acids is 1. The van der Waals surface area contributed by atoms with Crippen LogP contribution in [0.25, 0.3) is 22.0 Å². The van der Waals surface area contributed by atoms with E-state index in [1.807, 2.05) is 31.2 Å². The molecule has 1 aromatic heterocycles. The first-order chi connectivity index (χ1) is 14.2. The highest BCUT2D eigenvalue weighted by Gasteiger charge is 2.16. The van der Waals surface area contributed by atoms with Gasteiger partial charge in [-0.2, -0.15) is 0 Å². The number of hydrogen-bond donors (Lipinski definition) is 0. The molecule has 4 aromatic rings. The van der Waals surface area contributed by atoms with Crippen LogP contribution in [0.1, 0.15) is 11.3 Å². The molecule has 0 fully saturated rings. The molecule has 0 spiro atoms. The summed E-state index contributed by atoms with van der Waals surface area (Å²) in [5.41, 5.74) is 5.66. The number of methoxy groups -OCH3 is 1. The molecule has 0 aliphatic rings. The van der Waals surface area contributed by atoms with Gasteiger partial charge in [-0.25, -0.2) is 4.79 Å². The Bertz CT molecular complexity index is 1150. The van der Waals surface area contributed by atoms with E-state index < -0.39 is 5.97 Å². The molecule has 0 aliphatic carbocycles. The van der Waals surface area contributed by atoms with Gasteiger partial charge in [0.2, 0.25) is 0 Å². The Morgan fingerprint density at radius 3 is 2.41 bits per heavy atom. The maximum absolute atomic E-state index is 11.5. The minimum absolute atomic E-state index is 0.102. The van der Waals surface area contributed by atoms with Crippen LogP contribution >= 0.6 is 0 Å². The van der Waals surface area contributed by atoms with Gasteiger partial charge in [0.15, 0.2) is 6.61 Å². The van der Waals surface area contributed by atoms with Crippen molar-refractivity contribution in [2.45, 2.75) is 13.5 Å². The monoisotopic (exact) mass is 385 g/mol. The van der Waals surface area contributed by atoms with Gasteiger partial charge in [-0.15, -0.1) is 0 Å². The van der Waals surface area contributed by atoms with Crippen molar-refractivity contribution in [2.75, 3.05) is 13.7 Å². The molecule has 4 rings (SSSR count). The van der Waals surface area contributed by atoms with Gasteiger partial charge in [0.25, 0.3) is 0 Å². The highest BCUT2D eigenvalue weighted by atomic mass is 16.6. The molecule has 0 bridgehead atoms. The zero-order chi connectivity index (χ0) is 20.2. The summed E-state index contributed by atoms with van der Waals surface area (Å²) in [6.45, 7) is 2.64. The third kappa shape index (κ3) is 3.87. The van der Waals surface area contributed by atoms with E-state index in [0.29, 0.717) is 6.54 Å². The maximum atomic E-state index is 11.5. The minimum atomic E-state index is -0.392. The summed E-state index contributed by atoms with van der Waals surface area (Å²) in [4.78, 5) is 11.5. The molecule has 3 aromatic carbocycles.